The summed E-state index contributed by atoms with van der Waals surface area (Å²) in [5.74, 6) is -0.530. The maximum absolute atomic E-state index is 12.9. The van der Waals surface area contributed by atoms with Crippen LogP contribution in [0.3, 0.4) is 0 Å². The normalized spacial score (nSPS) is 10.8. The molecule has 1 aromatic carbocycles. The van der Waals surface area contributed by atoms with Crippen molar-refractivity contribution in [1.29, 1.82) is 0 Å². The minimum atomic E-state index is -0.317. The predicted octanol–water partition coefficient (Wildman–Crippen LogP) is 2.92. The Bertz CT molecular complexity index is 607. The first-order chi connectivity index (χ1) is 9.13. The van der Waals surface area contributed by atoms with Crippen molar-refractivity contribution >= 4 is 23.3 Å². The molecule has 1 aromatic heterocycles. The van der Waals surface area contributed by atoms with E-state index in [9.17, 15) is 9.18 Å². The molecule has 5 heteroatoms. The molecule has 0 saturated heterocycles. The zero-order valence-corrected chi connectivity index (χ0v) is 11.2. The Hall–Kier alpha value is -2.01. The Morgan fingerprint density at radius 1 is 1.53 bits per heavy atom. The largest absolute Gasteiger partial charge is 0.348 e. The molecule has 0 spiro atoms. The molecule has 98 valence electrons. The number of halogens is 1. The maximum Gasteiger partial charge on any atom is 0.244 e. The summed E-state index contributed by atoms with van der Waals surface area (Å²) >= 11 is 1.55. The summed E-state index contributed by atoms with van der Waals surface area (Å²) in [5.41, 5.74) is 0.656. The minimum Gasteiger partial charge on any atom is -0.348 e. The third kappa shape index (κ3) is 4.30. The van der Waals surface area contributed by atoms with E-state index in [-0.39, 0.29) is 11.7 Å². The van der Waals surface area contributed by atoms with E-state index in [1.807, 2.05) is 6.92 Å². The van der Waals surface area contributed by atoms with Gasteiger partial charge in [0.1, 0.15) is 5.82 Å². The third-order valence-corrected chi connectivity index (χ3v) is 3.29. The number of hydrogen-bond donors (Lipinski definition) is 1. The molecule has 0 saturated carbocycles. The SMILES string of the molecule is Cc1ncc(CNC(=O)C=Cc2cccc(F)c2)s1. The van der Waals surface area contributed by atoms with Crippen LogP contribution in [-0.2, 0) is 11.3 Å². The molecule has 0 aliphatic heterocycles. The molecule has 3 nitrogen and oxygen atoms in total. The second-order valence-corrected chi connectivity index (χ2v) is 5.27. The van der Waals surface area contributed by atoms with Crippen molar-refractivity contribution in [1.82, 2.24) is 10.3 Å². The summed E-state index contributed by atoms with van der Waals surface area (Å²) in [7, 11) is 0. The standard InChI is InChI=1S/C14H13FN2OS/c1-10-16-8-13(19-10)9-17-14(18)6-5-11-3-2-4-12(15)7-11/h2-8H,9H2,1H3,(H,17,18). The molecule has 0 bridgehead atoms. The van der Waals surface area contributed by atoms with Crippen molar-refractivity contribution in [3.63, 3.8) is 0 Å². The molecule has 0 radical (unpaired) electrons. The number of nitrogens with one attached hydrogen (secondary N) is 1. The van der Waals surface area contributed by atoms with Crippen molar-refractivity contribution < 1.29 is 9.18 Å². The Morgan fingerprint density at radius 3 is 3.05 bits per heavy atom. The molecular weight excluding hydrogens is 263 g/mol. The van der Waals surface area contributed by atoms with Crippen LogP contribution in [0.25, 0.3) is 6.08 Å². The van der Waals surface area contributed by atoms with E-state index in [1.54, 1.807) is 35.7 Å². The number of carbonyl (C=O) groups excluding carboxylic acids is 1. The number of amides is 1. The summed E-state index contributed by atoms with van der Waals surface area (Å²) < 4.78 is 12.9. The van der Waals surface area contributed by atoms with Crippen LogP contribution in [0.2, 0.25) is 0 Å². The monoisotopic (exact) mass is 276 g/mol. The molecule has 19 heavy (non-hydrogen) atoms. The summed E-state index contributed by atoms with van der Waals surface area (Å²) in [5, 5.41) is 3.72. The van der Waals surface area contributed by atoms with Gasteiger partial charge in [0.25, 0.3) is 0 Å². The van der Waals surface area contributed by atoms with Gasteiger partial charge in [0, 0.05) is 17.2 Å². The fourth-order valence-electron chi connectivity index (χ4n) is 1.50. The second kappa shape index (κ2) is 6.24. The van der Waals surface area contributed by atoms with Gasteiger partial charge in [0.05, 0.1) is 11.6 Å². The van der Waals surface area contributed by atoms with E-state index >= 15 is 0 Å². The van der Waals surface area contributed by atoms with Gasteiger partial charge in [-0.1, -0.05) is 12.1 Å². The van der Waals surface area contributed by atoms with Crippen LogP contribution in [0.4, 0.5) is 4.39 Å². The zero-order valence-electron chi connectivity index (χ0n) is 10.4. The summed E-state index contributed by atoms with van der Waals surface area (Å²) in [4.78, 5) is 16.7. The lowest BCUT2D eigenvalue weighted by Crippen LogP contribution is -2.19. The van der Waals surface area contributed by atoms with Gasteiger partial charge in [-0.2, -0.15) is 0 Å². The van der Waals surface area contributed by atoms with Crippen LogP contribution in [0.5, 0.6) is 0 Å². The molecule has 0 unspecified atom stereocenters. The quantitative estimate of drug-likeness (QED) is 0.872. The van der Waals surface area contributed by atoms with Crippen LogP contribution in [0.1, 0.15) is 15.4 Å². The molecule has 1 amide bonds. The second-order valence-electron chi connectivity index (χ2n) is 3.95. The number of thiazole rings is 1. The van der Waals surface area contributed by atoms with E-state index in [2.05, 4.69) is 10.3 Å². The smallest absolute Gasteiger partial charge is 0.244 e. The molecule has 0 fully saturated rings. The van der Waals surface area contributed by atoms with Gasteiger partial charge in [-0.05, 0) is 30.7 Å². The Kier molecular flexibility index (Phi) is 4.41. The van der Waals surface area contributed by atoms with Gasteiger partial charge in [-0.3, -0.25) is 4.79 Å². The molecule has 2 aromatic rings. The number of aryl methyl sites for hydroxylation is 1. The number of aromatic nitrogens is 1. The van der Waals surface area contributed by atoms with Gasteiger partial charge < -0.3 is 5.32 Å². The molecule has 1 N–H and O–H groups in total. The first-order valence-corrected chi connectivity index (χ1v) is 6.58. The van der Waals surface area contributed by atoms with Crippen molar-refractivity contribution in [2.24, 2.45) is 0 Å². The fraction of sp³-hybridized carbons (Fsp3) is 0.143. The van der Waals surface area contributed by atoms with E-state index in [1.165, 1.54) is 18.2 Å². The van der Waals surface area contributed by atoms with Gasteiger partial charge in [-0.15, -0.1) is 11.3 Å². The summed E-state index contributed by atoms with van der Waals surface area (Å²) in [6, 6.07) is 6.08. The molecule has 0 atom stereocenters. The van der Waals surface area contributed by atoms with Crippen LogP contribution >= 0.6 is 11.3 Å². The van der Waals surface area contributed by atoms with Crippen LogP contribution in [0.15, 0.2) is 36.5 Å². The minimum absolute atomic E-state index is 0.213. The van der Waals surface area contributed by atoms with Crippen molar-refractivity contribution in [2.45, 2.75) is 13.5 Å². The number of carbonyl (C=O) groups is 1. The first kappa shape index (κ1) is 13.4. The maximum atomic E-state index is 12.9. The van der Waals surface area contributed by atoms with Gasteiger partial charge in [0.15, 0.2) is 0 Å². The third-order valence-electron chi connectivity index (χ3n) is 2.38. The lowest BCUT2D eigenvalue weighted by atomic mass is 10.2. The van der Waals surface area contributed by atoms with Crippen molar-refractivity contribution in [3.8, 4) is 0 Å². The lowest BCUT2D eigenvalue weighted by Gasteiger charge is -1.98. The van der Waals surface area contributed by atoms with Crippen LogP contribution in [-0.4, -0.2) is 10.9 Å². The van der Waals surface area contributed by atoms with Gasteiger partial charge in [0.2, 0.25) is 5.91 Å². The highest BCUT2D eigenvalue weighted by atomic mass is 32.1. The van der Waals surface area contributed by atoms with E-state index in [0.717, 1.165) is 9.88 Å². The van der Waals surface area contributed by atoms with E-state index in [0.29, 0.717) is 12.1 Å². The van der Waals surface area contributed by atoms with Crippen molar-refractivity contribution in [3.05, 3.63) is 57.8 Å². The summed E-state index contributed by atoms with van der Waals surface area (Å²) in [6.45, 7) is 2.37. The molecular formula is C14H13FN2OS. The van der Waals surface area contributed by atoms with Crippen molar-refractivity contribution in [2.75, 3.05) is 0 Å². The Labute approximate surface area is 114 Å². The number of hydrogen-bond acceptors (Lipinski definition) is 3. The molecule has 2 rings (SSSR count). The first-order valence-electron chi connectivity index (χ1n) is 5.76. The molecule has 0 aliphatic carbocycles. The fourth-order valence-corrected chi connectivity index (χ4v) is 2.24. The topological polar surface area (TPSA) is 42.0 Å². The van der Waals surface area contributed by atoms with Gasteiger partial charge >= 0.3 is 0 Å². The highest BCUT2D eigenvalue weighted by Crippen LogP contribution is 2.10. The Morgan fingerprint density at radius 2 is 2.37 bits per heavy atom. The van der Waals surface area contributed by atoms with E-state index in [4.69, 9.17) is 0 Å². The number of rotatable bonds is 4. The number of benzene rings is 1. The highest BCUT2D eigenvalue weighted by Gasteiger charge is 2.00. The molecule has 0 aliphatic rings. The number of nitrogens with zero attached hydrogens (tertiary/aromatic N) is 1. The average Bonchev–Trinajstić information content (AvgIpc) is 2.80. The summed E-state index contributed by atoms with van der Waals surface area (Å²) in [6.07, 6.45) is 4.72. The van der Waals surface area contributed by atoms with E-state index < -0.39 is 0 Å². The predicted molar refractivity (Wildman–Crippen MR) is 74.1 cm³/mol. The zero-order chi connectivity index (χ0) is 13.7. The van der Waals surface area contributed by atoms with Gasteiger partial charge in [-0.25, -0.2) is 9.37 Å². The Balaban J connectivity index is 1.87. The average molecular weight is 276 g/mol. The lowest BCUT2D eigenvalue weighted by molar-refractivity contribution is -0.116. The van der Waals surface area contributed by atoms with Crippen LogP contribution < -0.4 is 5.32 Å². The van der Waals surface area contributed by atoms with Crippen LogP contribution in [0, 0.1) is 12.7 Å². The highest BCUT2D eigenvalue weighted by molar-refractivity contribution is 7.11. The molecule has 1 heterocycles.